The first-order chi connectivity index (χ1) is 11.2. The maximum Gasteiger partial charge on any atom is 0.220 e. The number of benzene rings is 2. The van der Waals surface area contributed by atoms with Gasteiger partial charge >= 0.3 is 0 Å². The zero-order valence-corrected chi connectivity index (χ0v) is 14.8. The van der Waals surface area contributed by atoms with Gasteiger partial charge in [0.15, 0.2) is 0 Å². The van der Waals surface area contributed by atoms with Gasteiger partial charge < -0.3 is 15.4 Å². The smallest absolute Gasteiger partial charge is 0.220 e. The van der Waals surface area contributed by atoms with Gasteiger partial charge in [0.2, 0.25) is 5.91 Å². The Morgan fingerprint density at radius 3 is 2.62 bits per heavy atom. The number of nitrogens with one attached hydrogen (secondary N) is 2. The number of carbonyl (C=O) groups excluding carboxylic acids is 1. The number of halogens is 1. The fraction of sp³-hybridized carbons (Fsp3) is 0.421. The molecule has 2 aromatic carbocycles. The highest BCUT2D eigenvalue weighted by Gasteiger charge is 2.16. The second-order valence-corrected chi connectivity index (χ2v) is 6.22. The molecule has 0 spiro atoms. The zero-order chi connectivity index (χ0) is 16.1. The Hall–Kier alpha value is -1.78. The molecule has 1 saturated heterocycles. The molecule has 0 aromatic heterocycles. The second-order valence-electron chi connectivity index (χ2n) is 6.22. The Balaban J connectivity index is 0.00000208. The summed E-state index contributed by atoms with van der Waals surface area (Å²) in [4.78, 5) is 12.1. The number of methoxy groups -OCH3 is 1. The first-order valence-corrected chi connectivity index (χ1v) is 8.29. The summed E-state index contributed by atoms with van der Waals surface area (Å²) in [5.41, 5.74) is 1.13. The lowest BCUT2D eigenvalue weighted by molar-refractivity contribution is -0.122. The quantitative estimate of drug-likeness (QED) is 0.871. The summed E-state index contributed by atoms with van der Waals surface area (Å²) in [5.74, 6) is 1.55. The summed E-state index contributed by atoms with van der Waals surface area (Å²) in [6.07, 6.45) is 2.85. The van der Waals surface area contributed by atoms with Gasteiger partial charge in [-0.15, -0.1) is 12.4 Å². The predicted octanol–water partition coefficient (Wildman–Crippen LogP) is 3.28. The normalized spacial score (nSPS) is 14.9. The third kappa shape index (κ3) is 4.86. The molecule has 3 rings (SSSR count). The zero-order valence-electron chi connectivity index (χ0n) is 14.0. The lowest BCUT2D eigenvalue weighted by Crippen LogP contribution is -2.32. The van der Waals surface area contributed by atoms with Crippen LogP contribution in [-0.2, 0) is 11.3 Å². The third-order valence-electron chi connectivity index (χ3n) is 4.53. The number of hydrogen-bond donors (Lipinski definition) is 2. The number of piperidine rings is 1. The maximum absolute atomic E-state index is 12.1. The van der Waals surface area contributed by atoms with Crippen molar-refractivity contribution in [2.45, 2.75) is 25.8 Å². The molecule has 1 aliphatic heterocycles. The summed E-state index contributed by atoms with van der Waals surface area (Å²) in [7, 11) is 1.67. The van der Waals surface area contributed by atoms with Gasteiger partial charge in [-0.1, -0.05) is 18.2 Å². The van der Waals surface area contributed by atoms with Crippen LogP contribution < -0.4 is 15.4 Å². The van der Waals surface area contributed by atoms with Crippen molar-refractivity contribution >= 4 is 29.1 Å². The first-order valence-electron chi connectivity index (χ1n) is 8.29. The molecule has 5 heteroatoms. The third-order valence-corrected chi connectivity index (χ3v) is 4.53. The van der Waals surface area contributed by atoms with Gasteiger partial charge in [-0.3, -0.25) is 4.79 Å². The molecule has 0 bridgehead atoms. The van der Waals surface area contributed by atoms with Crippen LogP contribution in [0.15, 0.2) is 36.4 Å². The van der Waals surface area contributed by atoms with E-state index in [2.05, 4.69) is 34.9 Å². The van der Waals surface area contributed by atoms with Crippen LogP contribution in [0.5, 0.6) is 5.75 Å². The Bertz CT molecular complexity index is 684. The highest BCUT2D eigenvalue weighted by atomic mass is 35.5. The minimum atomic E-state index is 0. The maximum atomic E-state index is 12.1. The van der Waals surface area contributed by atoms with Crippen LogP contribution in [0.2, 0.25) is 0 Å². The molecule has 1 heterocycles. The van der Waals surface area contributed by atoms with Crippen LogP contribution in [0, 0.1) is 5.92 Å². The predicted molar refractivity (Wildman–Crippen MR) is 99.8 cm³/mol. The van der Waals surface area contributed by atoms with Gasteiger partial charge in [0.1, 0.15) is 5.75 Å². The standard InChI is InChI=1S/C19H24N2O2.ClH/c1-23-18-5-4-16-10-15(2-3-17(16)12-18)13-21-19(22)11-14-6-8-20-9-7-14;/h2-5,10,12,14,20H,6-9,11,13H2,1H3,(H,21,22);1H. The first kappa shape index (κ1) is 18.6. The Labute approximate surface area is 149 Å². The van der Waals surface area contributed by atoms with Crippen molar-refractivity contribution in [1.29, 1.82) is 0 Å². The molecular weight excluding hydrogens is 324 g/mol. The summed E-state index contributed by atoms with van der Waals surface area (Å²) in [6.45, 7) is 2.66. The second kappa shape index (κ2) is 8.90. The van der Waals surface area contributed by atoms with Gasteiger partial charge in [-0.2, -0.15) is 0 Å². The van der Waals surface area contributed by atoms with E-state index < -0.39 is 0 Å². The molecule has 2 N–H and O–H groups in total. The molecule has 130 valence electrons. The number of fused-ring (bicyclic) bond motifs is 1. The van der Waals surface area contributed by atoms with Crippen LogP contribution in [-0.4, -0.2) is 26.1 Å². The van der Waals surface area contributed by atoms with E-state index in [-0.39, 0.29) is 18.3 Å². The molecule has 24 heavy (non-hydrogen) atoms. The number of amides is 1. The molecular formula is C19H25ClN2O2. The summed E-state index contributed by atoms with van der Waals surface area (Å²) in [6, 6.07) is 12.3. The molecule has 1 amide bonds. The van der Waals surface area contributed by atoms with Crippen molar-refractivity contribution in [3.05, 3.63) is 42.0 Å². The van der Waals surface area contributed by atoms with Gasteiger partial charge in [-0.25, -0.2) is 0 Å². The summed E-state index contributed by atoms with van der Waals surface area (Å²) in [5, 5.41) is 8.69. The SMILES string of the molecule is COc1ccc2cc(CNC(=O)CC3CCNCC3)ccc2c1.Cl. The molecule has 0 atom stereocenters. The van der Waals surface area contributed by atoms with Crippen molar-refractivity contribution in [1.82, 2.24) is 10.6 Å². The lowest BCUT2D eigenvalue weighted by atomic mass is 9.94. The minimum absolute atomic E-state index is 0. The fourth-order valence-corrected chi connectivity index (χ4v) is 3.13. The van der Waals surface area contributed by atoms with Crippen LogP contribution in [0.4, 0.5) is 0 Å². The molecule has 1 aliphatic rings. The average molecular weight is 349 g/mol. The average Bonchev–Trinajstić information content (AvgIpc) is 2.60. The van der Waals surface area contributed by atoms with Gasteiger partial charge in [-0.05, 0) is 66.4 Å². The van der Waals surface area contributed by atoms with Crippen molar-refractivity contribution in [2.75, 3.05) is 20.2 Å². The van der Waals surface area contributed by atoms with Crippen molar-refractivity contribution in [2.24, 2.45) is 5.92 Å². The number of hydrogen-bond acceptors (Lipinski definition) is 3. The number of rotatable bonds is 5. The highest BCUT2D eigenvalue weighted by Crippen LogP contribution is 2.22. The Morgan fingerprint density at radius 1 is 1.17 bits per heavy atom. The molecule has 0 saturated carbocycles. The minimum Gasteiger partial charge on any atom is -0.497 e. The van der Waals surface area contributed by atoms with Crippen molar-refractivity contribution in [3.8, 4) is 5.75 Å². The molecule has 2 aromatic rings. The molecule has 0 radical (unpaired) electrons. The monoisotopic (exact) mass is 348 g/mol. The molecule has 1 fully saturated rings. The van der Waals surface area contributed by atoms with Crippen LogP contribution in [0.3, 0.4) is 0 Å². The van der Waals surface area contributed by atoms with Crippen LogP contribution >= 0.6 is 12.4 Å². The molecule has 4 nitrogen and oxygen atoms in total. The van der Waals surface area contributed by atoms with Gasteiger partial charge in [0.05, 0.1) is 7.11 Å². The van der Waals surface area contributed by atoms with E-state index in [0.29, 0.717) is 18.9 Å². The molecule has 0 aliphatic carbocycles. The van der Waals surface area contributed by atoms with E-state index in [1.165, 1.54) is 0 Å². The van der Waals surface area contributed by atoms with E-state index in [1.807, 2.05) is 12.1 Å². The summed E-state index contributed by atoms with van der Waals surface area (Å²) >= 11 is 0. The molecule has 0 unspecified atom stereocenters. The van der Waals surface area contributed by atoms with Gasteiger partial charge in [0.25, 0.3) is 0 Å². The summed E-state index contributed by atoms with van der Waals surface area (Å²) < 4.78 is 5.24. The van der Waals surface area contributed by atoms with Crippen LogP contribution in [0.1, 0.15) is 24.8 Å². The number of carbonyl (C=O) groups is 1. The topological polar surface area (TPSA) is 50.4 Å². The van der Waals surface area contributed by atoms with Crippen molar-refractivity contribution in [3.63, 3.8) is 0 Å². The van der Waals surface area contributed by atoms with E-state index in [4.69, 9.17) is 4.74 Å². The van der Waals surface area contributed by atoms with E-state index in [9.17, 15) is 4.79 Å². The van der Waals surface area contributed by atoms with E-state index in [0.717, 1.165) is 48.0 Å². The van der Waals surface area contributed by atoms with Crippen molar-refractivity contribution < 1.29 is 9.53 Å². The Kier molecular flexibility index (Phi) is 6.88. The largest absolute Gasteiger partial charge is 0.497 e. The lowest BCUT2D eigenvalue weighted by Gasteiger charge is -2.21. The van der Waals surface area contributed by atoms with E-state index in [1.54, 1.807) is 7.11 Å². The van der Waals surface area contributed by atoms with E-state index >= 15 is 0 Å². The van der Waals surface area contributed by atoms with Crippen LogP contribution in [0.25, 0.3) is 10.8 Å². The van der Waals surface area contributed by atoms with Gasteiger partial charge in [0, 0.05) is 13.0 Å². The number of ether oxygens (including phenoxy) is 1. The Morgan fingerprint density at radius 2 is 1.88 bits per heavy atom. The fourth-order valence-electron chi connectivity index (χ4n) is 3.13. The highest BCUT2D eigenvalue weighted by molar-refractivity contribution is 5.85.